The molecule has 1 aromatic rings. The first kappa shape index (κ1) is 15.7. The van der Waals surface area contributed by atoms with E-state index in [1.54, 1.807) is 4.90 Å². The van der Waals surface area contributed by atoms with Gasteiger partial charge in [0, 0.05) is 19.6 Å². The minimum absolute atomic E-state index is 0.122. The van der Waals surface area contributed by atoms with E-state index in [1.165, 1.54) is 0 Å². The third kappa shape index (κ3) is 4.67. The molecule has 0 aliphatic carbocycles. The van der Waals surface area contributed by atoms with Gasteiger partial charge in [0.1, 0.15) is 0 Å². The Morgan fingerprint density at radius 3 is 2.32 bits per heavy atom. The minimum Gasteiger partial charge on any atom is -0.345 e. The fourth-order valence-corrected chi connectivity index (χ4v) is 2.03. The molecule has 0 radical (unpaired) electrons. The quantitative estimate of drug-likeness (QED) is 0.857. The van der Waals surface area contributed by atoms with Crippen molar-refractivity contribution in [2.75, 3.05) is 13.6 Å². The Morgan fingerprint density at radius 2 is 1.79 bits per heavy atom. The maximum absolute atomic E-state index is 12.3. The van der Waals surface area contributed by atoms with Crippen LogP contribution >= 0.6 is 0 Å². The van der Waals surface area contributed by atoms with Crippen LogP contribution in [0.5, 0.6) is 0 Å². The molecule has 0 aromatic heterocycles. The highest BCUT2D eigenvalue weighted by Crippen LogP contribution is 2.20. The minimum atomic E-state index is -0.241. The normalized spacial score (nSPS) is 14.2. The Bertz CT molecular complexity index is 389. The summed E-state index contributed by atoms with van der Waals surface area (Å²) in [6.07, 6.45) is 1.02. The summed E-state index contributed by atoms with van der Waals surface area (Å²) in [6, 6.07) is 9.57. The van der Waals surface area contributed by atoms with Gasteiger partial charge >= 0.3 is 0 Å². The second-order valence-corrected chi connectivity index (χ2v) is 5.67. The lowest BCUT2D eigenvalue weighted by atomic mass is 9.94. The van der Waals surface area contributed by atoms with E-state index in [0.717, 1.165) is 18.5 Å². The summed E-state index contributed by atoms with van der Waals surface area (Å²) < 4.78 is 0. The lowest BCUT2D eigenvalue weighted by Crippen LogP contribution is -2.37. The first-order valence-electron chi connectivity index (χ1n) is 6.99. The Balaban J connectivity index is 2.61. The van der Waals surface area contributed by atoms with Crippen molar-refractivity contribution in [3.05, 3.63) is 35.9 Å². The average molecular weight is 262 g/mol. The molecule has 0 fully saturated rings. The van der Waals surface area contributed by atoms with Crippen LogP contribution in [0, 0.1) is 11.8 Å². The van der Waals surface area contributed by atoms with Crippen molar-refractivity contribution in [1.29, 1.82) is 0 Å². The standard InChI is InChI=1S/C16H26N2O/c1-12(2)10-11-18(4)16(19)13(3)15(17)14-8-6-5-7-9-14/h5-9,12-13,15H,10-11,17H2,1-4H3. The largest absolute Gasteiger partial charge is 0.345 e. The summed E-state index contributed by atoms with van der Waals surface area (Å²) in [7, 11) is 1.86. The number of hydrogen-bond donors (Lipinski definition) is 1. The molecule has 19 heavy (non-hydrogen) atoms. The fourth-order valence-electron chi connectivity index (χ4n) is 2.03. The Morgan fingerprint density at radius 1 is 1.21 bits per heavy atom. The number of nitrogens with zero attached hydrogens (tertiary/aromatic N) is 1. The Hall–Kier alpha value is -1.35. The molecule has 0 spiro atoms. The van der Waals surface area contributed by atoms with Crippen molar-refractivity contribution in [1.82, 2.24) is 4.90 Å². The van der Waals surface area contributed by atoms with E-state index < -0.39 is 0 Å². The molecule has 0 heterocycles. The third-order valence-corrected chi connectivity index (χ3v) is 3.53. The molecule has 1 aromatic carbocycles. The van der Waals surface area contributed by atoms with Gasteiger partial charge in [-0.15, -0.1) is 0 Å². The highest BCUT2D eigenvalue weighted by Gasteiger charge is 2.24. The van der Waals surface area contributed by atoms with Crippen LogP contribution in [0.1, 0.15) is 38.8 Å². The number of hydrogen-bond acceptors (Lipinski definition) is 2. The van der Waals surface area contributed by atoms with Gasteiger partial charge < -0.3 is 10.6 Å². The van der Waals surface area contributed by atoms with Crippen molar-refractivity contribution in [2.45, 2.75) is 33.2 Å². The van der Waals surface area contributed by atoms with Gasteiger partial charge in [-0.25, -0.2) is 0 Å². The van der Waals surface area contributed by atoms with Crippen LogP contribution in [-0.2, 0) is 4.79 Å². The van der Waals surface area contributed by atoms with Crippen molar-refractivity contribution in [2.24, 2.45) is 17.6 Å². The predicted molar refractivity (Wildman–Crippen MR) is 79.6 cm³/mol. The van der Waals surface area contributed by atoms with Crippen LogP contribution in [0.15, 0.2) is 30.3 Å². The van der Waals surface area contributed by atoms with Crippen molar-refractivity contribution in [3.8, 4) is 0 Å². The summed E-state index contributed by atoms with van der Waals surface area (Å²) in [6.45, 7) is 7.03. The lowest BCUT2D eigenvalue weighted by Gasteiger charge is -2.26. The third-order valence-electron chi connectivity index (χ3n) is 3.53. The number of benzene rings is 1. The second kappa shape index (κ2) is 7.29. The first-order chi connectivity index (χ1) is 8.93. The number of carbonyl (C=O) groups excluding carboxylic acids is 1. The molecule has 0 aliphatic rings. The smallest absolute Gasteiger partial charge is 0.227 e. The summed E-state index contributed by atoms with van der Waals surface area (Å²) >= 11 is 0. The zero-order valence-corrected chi connectivity index (χ0v) is 12.5. The highest BCUT2D eigenvalue weighted by atomic mass is 16.2. The van der Waals surface area contributed by atoms with Gasteiger partial charge in [-0.2, -0.15) is 0 Å². The van der Waals surface area contributed by atoms with Crippen LogP contribution in [0.25, 0.3) is 0 Å². The molecule has 0 saturated heterocycles. The van der Waals surface area contributed by atoms with E-state index >= 15 is 0 Å². The van der Waals surface area contributed by atoms with Crippen LogP contribution in [0.4, 0.5) is 0 Å². The van der Waals surface area contributed by atoms with E-state index in [0.29, 0.717) is 5.92 Å². The van der Waals surface area contributed by atoms with Crippen molar-refractivity contribution in [3.63, 3.8) is 0 Å². The first-order valence-corrected chi connectivity index (χ1v) is 6.99. The molecule has 106 valence electrons. The maximum Gasteiger partial charge on any atom is 0.227 e. The predicted octanol–water partition coefficient (Wildman–Crippen LogP) is 2.83. The summed E-state index contributed by atoms with van der Waals surface area (Å²) in [5.41, 5.74) is 7.20. The van der Waals surface area contributed by atoms with Crippen LogP contribution in [-0.4, -0.2) is 24.4 Å². The second-order valence-electron chi connectivity index (χ2n) is 5.67. The Kier molecular flexibility index (Phi) is 6.03. The van der Waals surface area contributed by atoms with Gasteiger partial charge in [0.25, 0.3) is 0 Å². The molecule has 3 nitrogen and oxygen atoms in total. The SMILES string of the molecule is CC(C)CCN(C)C(=O)C(C)C(N)c1ccccc1. The molecule has 1 rings (SSSR count). The van der Waals surface area contributed by atoms with E-state index in [9.17, 15) is 4.79 Å². The molecular weight excluding hydrogens is 236 g/mol. The van der Waals surface area contributed by atoms with Gasteiger partial charge in [0.05, 0.1) is 5.92 Å². The van der Waals surface area contributed by atoms with Gasteiger partial charge in [-0.05, 0) is 17.9 Å². The number of rotatable bonds is 6. The van der Waals surface area contributed by atoms with E-state index in [1.807, 2.05) is 44.3 Å². The van der Waals surface area contributed by atoms with E-state index in [-0.39, 0.29) is 17.9 Å². The Labute approximate surface area is 116 Å². The summed E-state index contributed by atoms with van der Waals surface area (Å²) in [5, 5.41) is 0. The topological polar surface area (TPSA) is 46.3 Å². The van der Waals surface area contributed by atoms with Gasteiger partial charge in [-0.3, -0.25) is 4.79 Å². The van der Waals surface area contributed by atoms with E-state index in [2.05, 4.69) is 13.8 Å². The zero-order chi connectivity index (χ0) is 14.4. The summed E-state index contributed by atoms with van der Waals surface area (Å²) in [4.78, 5) is 14.1. The number of carbonyl (C=O) groups is 1. The number of nitrogens with two attached hydrogens (primary N) is 1. The fraction of sp³-hybridized carbons (Fsp3) is 0.562. The van der Waals surface area contributed by atoms with Gasteiger partial charge in [0.15, 0.2) is 0 Å². The van der Waals surface area contributed by atoms with Crippen LogP contribution in [0.3, 0.4) is 0 Å². The molecule has 3 heteroatoms. The van der Waals surface area contributed by atoms with Crippen molar-refractivity contribution < 1.29 is 4.79 Å². The highest BCUT2D eigenvalue weighted by molar-refractivity contribution is 5.79. The lowest BCUT2D eigenvalue weighted by molar-refractivity contribution is -0.134. The van der Waals surface area contributed by atoms with Crippen molar-refractivity contribution >= 4 is 5.91 Å². The van der Waals surface area contributed by atoms with Crippen LogP contribution in [0.2, 0.25) is 0 Å². The molecule has 0 bridgehead atoms. The van der Waals surface area contributed by atoms with Gasteiger partial charge in [0.2, 0.25) is 5.91 Å². The summed E-state index contributed by atoms with van der Waals surface area (Å²) in [5.74, 6) is 0.532. The molecule has 1 amide bonds. The maximum atomic E-state index is 12.3. The monoisotopic (exact) mass is 262 g/mol. The molecule has 2 atom stereocenters. The van der Waals surface area contributed by atoms with Crippen LogP contribution < -0.4 is 5.73 Å². The van der Waals surface area contributed by atoms with Gasteiger partial charge in [-0.1, -0.05) is 51.1 Å². The molecular formula is C16H26N2O. The molecule has 2 unspecified atom stereocenters. The zero-order valence-electron chi connectivity index (χ0n) is 12.5. The number of amides is 1. The molecule has 0 aliphatic heterocycles. The molecule has 0 saturated carbocycles. The molecule has 2 N–H and O–H groups in total. The van der Waals surface area contributed by atoms with E-state index in [4.69, 9.17) is 5.73 Å². The average Bonchev–Trinajstić information content (AvgIpc) is 2.43.